The first-order valence-corrected chi connectivity index (χ1v) is 6.46. The molecule has 0 unspecified atom stereocenters. The van der Waals surface area contributed by atoms with E-state index in [9.17, 15) is 0 Å². The van der Waals surface area contributed by atoms with Crippen LogP contribution in [0.4, 0.5) is 5.82 Å². The van der Waals surface area contributed by atoms with E-state index in [4.69, 9.17) is 10.00 Å². The van der Waals surface area contributed by atoms with Crippen molar-refractivity contribution in [2.75, 3.05) is 25.1 Å². The lowest BCUT2D eigenvalue weighted by molar-refractivity contribution is 0.325. The van der Waals surface area contributed by atoms with Gasteiger partial charge in [-0.2, -0.15) is 5.26 Å². The van der Waals surface area contributed by atoms with Gasteiger partial charge in [0.2, 0.25) is 0 Å². The number of pyridine rings is 1. The Kier molecular flexibility index (Phi) is 4.56. The lowest BCUT2D eigenvalue weighted by Gasteiger charge is -2.19. The number of aromatic nitrogens is 1. The quantitative estimate of drug-likeness (QED) is 0.835. The van der Waals surface area contributed by atoms with Gasteiger partial charge in [0.15, 0.2) is 0 Å². The fourth-order valence-electron chi connectivity index (χ4n) is 1.83. The Bertz CT molecular complexity index is 602. The zero-order chi connectivity index (χ0) is 14.4. The van der Waals surface area contributed by atoms with Crippen molar-refractivity contribution in [1.29, 1.82) is 5.26 Å². The fraction of sp³-hybridized carbons (Fsp3) is 0.250. The van der Waals surface area contributed by atoms with Crippen LogP contribution in [0, 0.1) is 18.3 Å². The van der Waals surface area contributed by atoms with Crippen molar-refractivity contribution in [2.24, 2.45) is 0 Å². The van der Waals surface area contributed by atoms with Gasteiger partial charge in [-0.05, 0) is 31.2 Å². The molecular formula is C16H17N3O. The molecule has 0 atom stereocenters. The second-order valence-electron chi connectivity index (χ2n) is 4.57. The Hall–Kier alpha value is -2.54. The van der Waals surface area contributed by atoms with E-state index in [0.717, 1.165) is 5.75 Å². The van der Waals surface area contributed by atoms with Gasteiger partial charge < -0.3 is 9.64 Å². The first-order chi connectivity index (χ1) is 9.70. The van der Waals surface area contributed by atoms with E-state index >= 15 is 0 Å². The molecule has 1 aromatic carbocycles. The standard InChI is InChI=1S/C16H17N3O/c1-13-5-7-15(8-6-13)20-11-10-19(2)16-14(12-17)4-3-9-18-16/h3-9H,10-11H2,1-2H3. The first-order valence-electron chi connectivity index (χ1n) is 6.46. The number of anilines is 1. The van der Waals surface area contributed by atoms with E-state index in [-0.39, 0.29) is 0 Å². The van der Waals surface area contributed by atoms with Crippen molar-refractivity contribution in [1.82, 2.24) is 4.98 Å². The number of hydrogen-bond donors (Lipinski definition) is 0. The van der Waals surface area contributed by atoms with Crippen molar-refractivity contribution in [3.63, 3.8) is 0 Å². The minimum atomic E-state index is 0.543. The minimum Gasteiger partial charge on any atom is -0.492 e. The maximum absolute atomic E-state index is 9.05. The molecule has 0 amide bonds. The highest BCUT2D eigenvalue weighted by atomic mass is 16.5. The Morgan fingerprint density at radius 1 is 1.25 bits per heavy atom. The van der Waals surface area contributed by atoms with Crippen LogP contribution < -0.4 is 9.64 Å². The van der Waals surface area contributed by atoms with Gasteiger partial charge in [0, 0.05) is 13.2 Å². The largest absolute Gasteiger partial charge is 0.492 e. The maximum Gasteiger partial charge on any atom is 0.146 e. The highest BCUT2D eigenvalue weighted by Crippen LogP contribution is 2.15. The van der Waals surface area contributed by atoms with Crippen LogP contribution in [0.3, 0.4) is 0 Å². The van der Waals surface area contributed by atoms with Gasteiger partial charge >= 0.3 is 0 Å². The molecule has 0 spiro atoms. The third-order valence-corrected chi connectivity index (χ3v) is 2.99. The molecule has 4 heteroatoms. The second-order valence-corrected chi connectivity index (χ2v) is 4.57. The van der Waals surface area contributed by atoms with Crippen LogP contribution in [-0.2, 0) is 0 Å². The summed E-state index contributed by atoms with van der Waals surface area (Å²) in [6, 6.07) is 13.6. The number of ether oxygens (including phenoxy) is 1. The summed E-state index contributed by atoms with van der Waals surface area (Å²) in [6.45, 7) is 3.25. The Labute approximate surface area is 119 Å². The molecule has 4 nitrogen and oxygen atoms in total. The van der Waals surface area contributed by atoms with Gasteiger partial charge in [-0.1, -0.05) is 17.7 Å². The molecule has 20 heavy (non-hydrogen) atoms. The molecule has 102 valence electrons. The molecule has 2 aromatic rings. The van der Waals surface area contributed by atoms with E-state index in [1.165, 1.54) is 5.56 Å². The van der Waals surface area contributed by atoms with E-state index in [1.807, 2.05) is 43.1 Å². The number of hydrogen-bond acceptors (Lipinski definition) is 4. The molecular weight excluding hydrogens is 250 g/mol. The van der Waals surface area contributed by atoms with E-state index in [2.05, 4.69) is 11.1 Å². The molecule has 2 rings (SSSR count). The summed E-state index contributed by atoms with van der Waals surface area (Å²) in [5, 5.41) is 9.05. The number of nitriles is 1. The highest BCUT2D eigenvalue weighted by Gasteiger charge is 2.07. The predicted octanol–water partition coefficient (Wildman–Crippen LogP) is 2.78. The van der Waals surface area contributed by atoms with Gasteiger partial charge in [0.25, 0.3) is 0 Å². The Balaban J connectivity index is 1.91. The Morgan fingerprint density at radius 2 is 2.00 bits per heavy atom. The monoisotopic (exact) mass is 267 g/mol. The van der Waals surface area contributed by atoms with E-state index in [1.54, 1.807) is 18.3 Å². The van der Waals surface area contributed by atoms with Gasteiger partial charge in [-0.3, -0.25) is 0 Å². The highest BCUT2D eigenvalue weighted by molar-refractivity contribution is 5.52. The molecule has 0 fully saturated rings. The van der Waals surface area contributed by atoms with Crippen LogP contribution in [-0.4, -0.2) is 25.2 Å². The van der Waals surface area contributed by atoms with E-state index in [0.29, 0.717) is 24.5 Å². The van der Waals surface area contributed by atoms with Crippen LogP contribution in [0.1, 0.15) is 11.1 Å². The number of nitrogens with zero attached hydrogens (tertiary/aromatic N) is 3. The zero-order valence-electron chi connectivity index (χ0n) is 11.7. The molecule has 0 N–H and O–H groups in total. The molecule has 0 saturated carbocycles. The predicted molar refractivity (Wildman–Crippen MR) is 78.9 cm³/mol. The number of likely N-dealkylation sites (N-methyl/N-ethyl adjacent to an activating group) is 1. The summed E-state index contributed by atoms with van der Waals surface area (Å²) >= 11 is 0. The Morgan fingerprint density at radius 3 is 2.70 bits per heavy atom. The summed E-state index contributed by atoms with van der Waals surface area (Å²) in [7, 11) is 1.90. The lowest BCUT2D eigenvalue weighted by Crippen LogP contribution is -2.25. The van der Waals surface area contributed by atoms with Crippen LogP contribution in [0.5, 0.6) is 5.75 Å². The van der Waals surface area contributed by atoms with Gasteiger partial charge in [0.05, 0.1) is 12.1 Å². The SMILES string of the molecule is Cc1ccc(OCCN(C)c2ncccc2C#N)cc1. The van der Waals surface area contributed by atoms with Gasteiger partial charge in [-0.15, -0.1) is 0 Å². The normalized spacial score (nSPS) is 9.85. The molecule has 0 aliphatic carbocycles. The molecule has 1 aromatic heterocycles. The average Bonchev–Trinajstić information content (AvgIpc) is 2.49. The first kappa shape index (κ1) is 13.9. The average molecular weight is 267 g/mol. The molecule has 0 saturated heterocycles. The molecule has 1 heterocycles. The van der Waals surface area contributed by atoms with E-state index < -0.39 is 0 Å². The molecule has 0 radical (unpaired) electrons. The topological polar surface area (TPSA) is 49.1 Å². The van der Waals surface area contributed by atoms with Crippen LogP contribution in [0.2, 0.25) is 0 Å². The van der Waals surface area contributed by atoms with Crippen LogP contribution in [0.15, 0.2) is 42.6 Å². The second kappa shape index (κ2) is 6.58. The molecule has 0 aliphatic rings. The van der Waals surface area contributed by atoms with Crippen molar-refractivity contribution in [3.05, 3.63) is 53.7 Å². The summed E-state index contributed by atoms with van der Waals surface area (Å²) in [5.74, 6) is 1.54. The number of rotatable bonds is 5. The smallest absolute Gasteiger partial charge is 0.146 e. The van der Waals surface area contributed by atoms with Crippen molar-refractivity contribution in [2.45, 2.75) is 6.92 Å². The molecule has 0 aliphatic heterocycles. The van der Waals surface area contributed by atoms with Gasteiger partial charge in [-0.25, -0.2) is 4.98 Å². The van der Waals surface area contributed by atoms with Crippen LogP contribution >= 0.6 is 0 Å². The summed E-state index contributed by atoms with van der Waals surface area (Å²) in [5.41, 5.74) is 1.78. The molecule has 0 bridgehead atoms. The summed E-state index contributed by atoms with van der Waals surface area (Å²) < 4.78 is 5.67. The van der Waals surface area contributed by atoms with Crippen molar-refractivity contribution < 1.29 is 4.74 Å². The third kappa shape index (κ3) is 3.48. The van der Waals surface area contributed by atoms with Crippen LogP contribution in [0.25, 0.3) is 0 Å². The summed E-state index contributed by atoms with van der Waals surface area (Å²) in [6.07, 6.45) is 1.69. The number of aryl methyl sites for hydroxylation is 1. The summed E-state index contributed by atoms with van der Waals surface area (Å²) in [4.78, 5) is 6.16. The number of benzene rings is 1. The third-order valence-electron chi connectivity index (χ3n) is 2.99. The van der Waals surface area contributed by atoms with Crippen molar-refractivity contribution in [3.8, 4) is 11.8 Å². The minimum absolute atomic E-state index is 0.543. The maximum atomic E-state index is 9.05. The fourth-order valence-corrected chi connectivity index (χ4v) is 1.83. The van der Waals surface area contributed by atoms with Gasteiger partial charge in [0.1, 0.15) is 24.2 Å². The van der Waals surface area contributed by atoms with Crippen molar-refractivity contribution >= 4 is 5.82 Å². The lowest BCUT2D eigenvalue weighted by atomic mass is 10.2. The zero-order valence-corrected chi connectivity index (χ0v) is 11.7.